The molecule has 2 N–H and O–H groups in total. The summed E-state index contributed by atoms with van der Waals surface area (Å²) in [5.41, 5.74) is 1.19. The number of piperidine rings is 1. The molecule has 1 aromatic heterocycles. The van der Waals surface area contributed by atoms with Crippen LogP contribution in [0.4, 0.5) is 16.3 Å². The van der Waals surface area contributed by atoms with Crippen molar-refractivity contribution >= 4 is 23.5 Å². The highest BCUT2D eigenvalue weighted by molar-refractivity contribution is 5.93. The van der Waals surface area contributed by atoms with Gasteiger partial charge in [-0.3, -0.25) is 4.79 Å². The van der Waals surface area contributed by atoms with Crippen molar-refractivity contribution in [2.45, 2.75) is 25.8 Å². The van der Waals surface area contributed by atoms with Crippen molar-refractivity contribution in [1.29, 1.82) is 0 Å². The molecule has 0 aliphatic carbocycles. The van der Waals surface area contributed by atoms with Crippen LogP contribution in [0.5, 0.6) is 0 Å². The summed E-state index contributed by atoms with van der Waals surface area (Å²) in [4.78, 5) is 34.1. The van der Waals surface area contributed by atoms with E-state index in [1.165, 1.54) is 6.33 Å². The lowest BCUT2D eigenvalue weighted by Gasteiger charge is -2.31. The van der Waals surface area contributed by atoms with Gasteiger partial charge in [0.05, 0.1) is 6.61 Å². The fraction of sp³-hybridized carbons (Fsp3) is 0.368. The number of hydrogen-bond donors (Lipinski definition) is 2. The molecule has 2 aromatic rings. The quantitative estimate of drug-likeness (QED) is 0.841. The Hall–Kier alpha value is -3.16. The average Bonchev–Trinajstić information content (AvgIpc) is 2.70. The molecule has 1 fully saturated rings. The highest BCUT2D eigenvalue weighted by atomic mass is 16.6. The zero-order chi connectivity index (χ0) is 19.1. The average molecular weight is 369 g/mol. The first-order valence-electron chi connectivity index (χ1n) is 9.02. The van der Waals surface area contributed by atoms with E-state index in [2.05, 4.69) is 20.6 Å². The van der Waals surface area contributed by atoms with Crippen LogP contribution in [0.25, 0.3) is 0 Å². The first-order valence-corrected chi connectivity index (χ1v) is 9.02. The summed E-state index contributed by atoms with van der Waals surface area (Å²) in [7, 11) is 0. The summed E-state index contributed by atoms with van der Waals surface area (Å²) in [6.07, 6.45) is 2.44. The summed E-state index contributed by atoms with van der Waals surface area (Å²) >= 11 is 0. The molecule has 0 radical (unpaired) electrons. The smallest absolute Gasteiger partial charge is 0.409 e. The van der Waals surface area contributed by atoms with Crippen LogP contribution >= 0.6 is 0 Å². The Labute approximate surface area is 158 Å². The number of anilines is 2. The summed E-state index contributed by atoms with van der Waals surface area (Å²) in [6.45, 7) is 3.28. The van der Waals surface area contributed by atoms with E-state index in [1.54, 1.807) is 17.9 Å². The molecule has 0 unspecified atom stereocenters. The predicted octanol–water partition coefficient (Wildman–Crippen LogP) is 2.57. The molecule has 1 aromatic carbocycles. The Balaban J connectivity index is 1.54. The molecule has 1 aliphatic rings. The third kappa shape index (κ3) is 5.16. The molecule has 0 spiro atoms. The molecule has 27 heavy (non-hydrogen) atoms. The van der Waals surface area contributed by atoms with E-state index in [9.17, 15) is 9.59 Å². The molecule has 0 bridgehead atoms. The van der Waals surface area contributed by atoms with Gasteiger partial charge < -0.3 is 20.3 Å². The van der Waals surface area contributed by atoms with E-state index in [1.807, 2.05) is 30.3 Å². The third-order valence-electron chi connectivity index (χ3n) is 4.30. The van der Waals surface area contributed by atoms with Gasteiger partial charge in [-0.05, 0) is 31.9 Å². The van der Waals surface area contributed by atoms with Crippen LogP contribution < -0.4 is 10.6 Å². The van der Waals surface area contributed by atoms with Crippen molar-refractivity contribution in [1.82, 2.24) is 20.2 Å². The fourth-order valence-corrected chi connectivity index (χ4v) is 2.90. The molecule has 142 valence electrons. The molecule has 0 saturated carbocycles. The van der Waals surface area contributed by atoms with Crippen LogP contribution in [-0.2, 0) is 4.74 Å². The molecule has 1 saturated heterocycles. The number of amides is 2. The zero-order valence-corrected chi connectivity index (χ0v) is 15.2. The molecule has 2 heterocycles. The van der Waals surface area contributed by atoms with Crippen LogP contribution in [0.2, 0.25) is 0 Å². The van der Waals surface area contributed by atoms with Gasteiger partial charge in [0, 0.05) is 30.9 Å². The van der Waals surface area contributed by atoms with Gasteiger partial charge in [0.25, 0.3) is 5.91 Å². The van der Waals surface area contributed by atoms with Crippen LogP contribution in [0.1, 0.15) is 30.3 Å². The summed E-state index contributed by atoms with van der Waals surface area (Å²) < 4.78 is 5.00. The number of para-hydroxylation sites is 1. The minimum Gasteiger partial charge on any atom is -0.450 e. The molecule has 0 atom stereocenters. The fourth-order valence-electron chi connectivity index (χ4n) is 2.90. The number of carbonyl (C=O) groups excluding carboxylic acids is 2. The third-order valence-corrected chi connectivity index (χ3v) is 4.30. The Bertz CT molecular complexity index is 776. The highest BCUT2D eigenvalue weighted by Gasteiger charge is 2.25. The Kier molecular flexibility index (Phi) is 6.19. The van der Waals surface area contributed by atoms with Crippen molar-refractivity contribution < 1.29 is 14.3 Å². The van der Waals surface area contributed by atoms with Crippen molar-refractivity contribution in [2.75, 3.05) is 25.0 Å². The molecule has 8 nitrogen and oxygen atoms in total. The standard InChI is InChI=1S/C19H23N5O3/c1-2-27-19(26)24-10-8-15(9-11-24)23-18(25)16-12-17(21-13-20-16)22-14-6-4-3-5-7-14/h3-7,12-13,15H,2,8-11H2,1H3,(H,23,25)(H,20,21,22). The van der Waals surface area contributed by atoms with Crippen molar-refractivity contribution in [2.24, 2.45) is 0 Å². The predicted molar refractivity (Wildman–Crippen MR) is 101 cm³/mol. The first kappa shape index (κ1) is 18.6. The maximum absolute atomic E-state index is 12.5. The largest absolute Gasteiger partial charge is 0.450 e. The number of hydrogen-bond acceptors (Lipinski definition) is 6. The lowest BCUT2D eigenvalue weighted by Crippen LogP contribution is -2.46. The van der Waals surface area contributed by atoms with Gasteiger partial charge in [-0.25, -0.2) is 14.8 Å². The van der Waals surface area contributed by atoms with Gasteiger partial charge in [0.2, 0.25) is 0 Å². The number of likely N-dealkylation sites (tertiary alicyclic amines) is 1. The minimum atomic E-state index is -0.297. The van der Waals surface area contributed by atoms with Crippen LogP contribution in [-0.4, -0.2) is 52.6 Å². The molecule has 8 heteroatoms. The second-order valence-corrected chi connectivity index (χ2v) is 6.21. The summed E-state index contributed by atoms with van der Waals surface area (Å²) in [5.74, 6) is 0.307. The molecular formula is C19H23N5O3. The van der Waals surface area contributed by atoms with E-state index in [0.29, 0.717) is 44.0 Å². The van der Waals surface area contributed by atoms with Crippen molar-refractivity contribution in [3.8, 4) is 0 Å². The van der Waals surface area contributed by atoms with E-state index in [4.69, 9.17) is 4.74 Å². The Morgan fingerprint density at radius 3 is 2.63 bits per heavy atom. The van der Waals surface area contributed by atoms with Gasteiger partial charge in [0.15, 0.2) is 0 Å². The number of carbonyl (C=O) groups is 2. The Morgan fingerprint density at radius 2 is 1.93 bits per heavy atom. The number of nitrogens with zero attached hydrogens (tertiary/aromatic N) is 3. The normalized spacial score (nSPS) is 14.5. The molecular weight excluding hydrogens is 346 g/mol. The van der Waals surface area contributed by atoms with Gasteiger partial charge >= 0.3 is 6.09 Å². The van der Waals surface area contributed by atoms with Crippen molar-refractivity contribution in [3.05, 3.63) is 48.4 Å². The number of aromatic nitrogens is 2. The number of ether oxygens (including phenoxy) is 1. The first-order chi connectivity index (χ1) is 13.2. The van der Waals surface area contributed by atoms with Gasteiger partial charge in [-0.15, -0.1) is 0 Å². The Morgan fingerprint density at radius 1 is 1.19 bits per heavy atom. The van der Waals surface area contributed by atoms with E-state index < -0.39 is 0 Å². The second-order valence-electron chi connectivity index (χ2n) is 6.21. The topological polar surface area (TPSA) is 96.5 Å². The SMILES string of the molecule is CCOC(=O)N1CCC(NC(=O)c2cc(Nc3ccccc3)ncn2)CC1. The van der Waals surface area contributed by atoms with Gasteiger partial charge in [0.1, 0.15) is 17.8 Å². The number of nitrogens with one attached hydrogen (secondary N) is 2. The van der Waals surface area contributed by atoms with Gasteiger partial charge in [-0.2, -0.15) is 0 Å². The summed E-state index contributed by atoms with van der Waals surface area (Å²) in [6, 6.07) is 11.2. The number of rotatable bonds is 5. The zero-order valence-electron chi connectivity index (χ0n) is 15.2. The van der Waals surface area contributed by atoms with E-state index in [0.717, 1.165) is 5.69 Å². The molecule has 3 rings (SSSR count). The summed E-state index contributed by atoms with van der Waals surface area (Å²) in [5, 5.41) is 6.13. The monoisotopic (exact) mass is 369 g/mol. The maximum atomic E-state index is 12.5. The van der Waals surface area contributed by atoms with E-state index >= 15 is 0 Å². The van der Waals surface area contributed by atoms with Crippen LogP contribution in [0.3, 0.4) is 0 Å². The van der Waals surface area contributed by atoms with Gasteiger partial charge in [-0.1, -0.05) is 18.2 Å². The van der Waals surface area contributed by atoms with Crippen LogP contribution in [0, 0.1) is 0 Å². The lowest BCUT2D eigenvalue weighted by molar-refractivity contribution is 0.0856. The molecule has 2 amide bonds. The van der Waals surface area contributed by atoms with E-state index in [-0.39, 0.29) is 18.0 Å². The molecule has 1 aliphatic heterocycles. The highest BCUT2D eigenvalue weighted by Crippen LogP contribution is 2.15. The minimum absolute atomic E-state index is 0.00340. The van der Waals surface area contributed by atoms with Crippen molar-refractivity contribution in [3.63, 3.8) is 0 Å². The maximum Gasteiger partial charge on any atom is 0.409 e. The number of benzene rings is 1. The second kappa shape index (κ2) is 8.98. The lowest BCUT2D eigenvalue weighted by atomic mass is 10.1. The van der Waals surface area contributed by atoms with Crippen LogP contribution in [0.15, 0.2) is 42.7 Å².